The van der Waals surface area contributed by atoms with Gasteiger partial charge in [0.05, 0.1) is 13.0 Å². The summed E-state index contributed by atoms with van der Waals surface area (Å²) in [5, 5.41) is 0.561. The van der Waals surface area contributed by atoms with Gasteiger partial charge < -0.3 is 15.2 Å². The van der Waals surface area contributed by atoms with E-state index in [1.807, 2.05) is 30.3 Å². The van der Waals surface area contributed by atoms with Crippen LogP contribution >= 0.6 is 11.6 Å². The standard InChI is InChI=1S/C23H20ClNO4/c1-28-23(27)21-19(14-7-9-16(24)10-8-14)20-17(26)11-15(12-18(20)29-22(21)25)13-5-3-2-4-6-13/h2-10,15,19H,11-12,25H2,1H3/t15-,19+/m0/s1. The number of esters is 1. The molecule has 1 aliphatic heterocycles. The Morgan fingerprint density at radius 1 is 1.07 bits per heavy atom. The third-order valence-corrected chi connectivity index (χ3v) is 5.67. The van der Waals surface area contributed by atoms with Gasteiger partial charge in [0.25, 0.3) is 0 Å². The van der Waals surface area contributed by atoms with Gasteiger partial charge in [-0.15, -0.1) is 0 Å². The highest BCUT2D eigenvalue weighted by atomic mass is 35.5. The van der Waals surface area contributed by atoms with E-state index < -0.39 is 11.9 Å². The molecule has 6 heteroatoms. The van der Waals surface area contributed by atoms with E-state index in [4.69, 9.17) is 26.8 Å². The highest BCUT2D eigenvalue weighted by Gasteiger charge is 2.43. The summed E-state index contributed by atoms with van der Waals surface area (Å²) in [6, 6.07) is 16.9. The SMILES string of the molecule is COC(=O)C1=C(N)OC2=C(C(=O)C[C@H](c3ccccc3)C2)[C@H]1c1ccc(Cl)cc1. The summed E-state index contributed by atoms with van der Waals surface area (Å²) in [4.78, 5) is 25.7. The van der Waals surface area contributed by atoms with Crippen LogP contribution in [0.25, 0.3) is 0 Å². The number of nitrogens with two attached hydrogens (primary N) is 1. The molecule has 4 rings (SSSR count). The van der Waals surface area contributed by atoms with Gasteiger partial charge >= 0.3 is 5.97 Å². The Kier molecular flexibility index (Phi) is 5.16. The fraction of sp³-hybridized carbons (Fsp3) is 0.217. The number of methoxy groups -OCH3 is 1. The Bertz CT molecular complexity index is 1020. The number of allylic oxidation sites excluding steroid dienone is 2. The fourth-order valence-corrected chi connectivity index (χ4v) is 4.19. The molecule has 2 aromatic carbocycles. The monoisotopic (exact) mass is 409 g/mol. The van der Waals surface area contributed by atoms with Gasteiger partial charge in [-0.25, -0.2) is 4.79 Å². The highest BCUT2D eigenvalue weighted by Crippen LogP contribution is 2.47. The van der Waals surface area contributed by atoms with E-state index in [0.29, 0.717) is 29.2 Å². The minimum Gasteiger partial charge on any atom is -0.465 e. The average Bonchev–Trinajstić information content (AvgIpc) is 2.73. The molecule has 0 radical (unpaired) electrons. The summed E-state index contributed by atoms with van der Waals surface area (Å²) in [6.45, 7) is 0. The highest BCUT2D eigenvalue weighted by molar-refractivity contribution is 6.30. The third kappa shape index (κ3) is 3.54. The molecule has 2 aromatic rings. The minimum absolute atomic E-state index is 0.000736. The van der Waals surface area contributed by atoms with Gasteiger partial charge in [-0.3, -0.25) is 4.79 Å². The van der Waals surface area contributed by atoms with Crippen LogP contribution in [0.15, 0.2) is 77.4 Å². The van der Waals surface area contributed by atoms with Crippen molar-refractivity contribution >= 4 is 23.4 Å². The molecule has 0 saturated carbocycles. The molecular formula is C23H20ClNO4. The number of benzene rings is 2. The Hall–Kier alpha value is -3.05. The van der Waals surface area contributed by atoms with Gasteiger partial charge in [-0.2, -0.15) is 0 Å². The summed E-state index contributed by atoms with van der Waals surface area (Å²) < 4.78 is 10.7. The first kappa shape index (κ1) is 19.3. The van der Waals surface area contributed by atoms with Crippen molar-refractivity contribution in [2.75, 3.05) is 7.11 Å². The Balaban J connectivity index is 1.81. The molecule has 148 valence electrons. The molecule has 0 saturated heterocycles. The van der Waals surface area contributed by atoms with Gasteiger partial charge in [0.15, 0.2) is 5.78 Å². The Morgan fingerprint density at radius 2 is 1.76 bits per heavy atom. The molecule has 2 atom stereocenters. The van der Waals surface area contributed by atoms with Crippen molar-refractivity contribution < 1.29 is 19.1 Å². The van der Waals surface area contributed by atoms with Crippen LogP contribution in [-0.2, 0) is 19.1 Å². The Morgan fingerprint density at radius 3 is 2.41 bits per heavy atom. The second kappa shape index (κ2) is 7.76. The van der Waals surface area contributed by atoms with E-state index in [-0.39, 0.29) is 23.2 Å². The lowest BCUT2D eigenvalue weighted by atomic mass is 9.73. The van der Waals surface area contributed by atoms with E-state index in [1.165, 1.54) is 7.11 Å². The molecule has 0 aromatic heterocycles. The van der Waals surface area contributed by atoms with Crippen molar-refractivity contribution in [3.8, 4) is 0 Å². The van der Waals surface area contributed by atoms with Crippen LogP contribution in [0.1, 0.15) is 35.8 Å². The number of hydrogen-bond donors (Lipinski definition) is 1. The van der Waals surface area contributed by atoms with E-state index in [0.717, 1.165) is 11.1 Å². The van der Waals surface area contributed by atoms with E-state index in [9.17, 15) is 9.59 Å². The summed E-state index contributed by atoms with van der Waals surface area (Å²) in [7, 11) is 1.28. The molecule has 5 nitrogen and oxygen atoms in total. The summed E-state index contributed by atoms with van der Waals surface area (Å²) in [5.74, 6) is -0.841. The maximum absolute atomic E-state index is 13.2. The zero-order chi connectivity index (χ0) is 20.5. The number of carbonyl (C=O) groups excluding carboxylic acids is 2. The maximum Gasteiger partial charge on any atom is 0.340 e. The van der Waals surface area contributed by atoms with Crippen molar-refractivity contribution in [1.29, 1.82) is 0 Å². The van der Waals surface area contributed by atoms with Crippen LogP contribution in [0, 0.1) is 0 Å². The number of Topliss-reactive ketones (excluding diaryl/α,β-unsaturated/α-hetero) is 1. The largest absolute Gasteiger partial charge is 0.465 e. The number of ketones is 1. The molecule has 2 aliphatic rings. The summed E-state index contributed by atoms with van der Waals surface area (Å²) in [6.07, 6.45) is 0.870. The van der Waals surface area contributed by atoms with Crippen LogP contribution < -0.4 is 5.73 Å². The van der Waals surface area contributed by atoms with Gasteiger partial charge in [0.1, 0.15) is 11.3 Å². The number of hydrogen-bond acceptors (Lipinski definition) is 5. The number of ether oxygens (including phenoxy) is 2. The van der Waals surface area contributed by atoms with Crippen LogP contribution in [0.3, 0.4) is 0 Å². The predicted octanol–water partition coefficient (Wildman–Crippen LogP) is 4.20. The number of carbonyl (C=O) groups is 2. The summed E-state index contributed by atoms with van der Waals surface area (Å²) >= 11 is 6.03. The third-order valence-electron chi connectivity index (χ3n) is 5.42. The number of rotatable bonds is 3. The first-order valence-electron chi connectivity index (χ1n) is 9.32. The quantitative estimate of drug-likeness (QED) is 0.768. The van der Waals surface area contributed by atoms with Crippen molar-refractivity contribution in [2.45, 2.75) is 24.7 Å². The molecule has 0 unspecified atom stereocenters. The van der Waals surface area contributed by atoms with Crippen LogP contribution in [0.2, 0.25) is 5.02 Å². The first-order chi connectivity index (χ1) is 14.0. The zero-order valence-electron chi connectivity index (χ0n) is 15.9. The first-order valence-corrected chi connectivity index (χ1v) is 9.69. The van der Waals surface area contributed by atoms with Crippen molar-refractivity contribution in [3.05, 3.63) is 93.5 Å². The lowest BCUT2D eigenvalue weighted by Crippen LogP contribution is -2.32. The molecule has 0 bridgehead atoms. The summed E-state index contributed by atoms with van der Waals surface area (Å²) in [5.41, 5.74) is 8.55. The topological polar surface area (TPSA) is 78.6 Å². The second-order valence-corrected chi connectivity index (χ2v) is 7.57. The fourth-order valence-electron chi connectivity index (χ4n) is 4.07. The molecule has 1 aliphatic carbocycles. The average molecular weight is 410 g/mol. The molecule has 29 heavy (non-hydrogen) atoms. The Labute approximate surface area is 173 Å². The predicted molar refractivity (Wildman–Crippen MR) is 109 cm³/mol. The molecule has 1 heterocycles. The van der Waals surface area contributed by atoms with Gasteiger partial charge in [0, 0.05) is 23.4 Å². The molecule has 0 amide bonds. The van der Waals surface area contributed by atoms with Gasteiger partial charge in [0.2, 0.25) is 5.88 Å². The van der Waals surface area contributed by atoms with Crippen molar-refractivity contribution in [1.82, 2.24) is 0 Å². The lowest BCUT2D eigenvalue weighted by Gasteiger charge is -2.35. The number of halogens is 1. The smallest absolute Gasteiger partial charge is 0.340 e. The van der Waals surface area contributed by atoms with Crippen LogP contribution in [0.4, 0.5) is 0 Å². The molecule has 0 spiro atoms. The van der Waals surface area contributed by atoms with E-state index in [1.54, 1.807) is 24.3 Å². The van der Waals surface area contributed by atoms with Gasteiger partial charge in [-0.1, -0.05) is 54.1 Å². The minimum atomic E-state index is -0.646. The normalized spacial score (nSPS) is 21.5. The van der Waals surface area contributed by atoms with E-state index >= 15 is 0 Å². The zero-order valence-corrected chi connectivity index (χ0v) is 16.6. The molecular weight excluding hydrogens is 390 g/mol. The molecule has 0 fully saturated rings. The van der Waals surface area contributed by atoms with Crippen molar-refractivity contribution in [2.24, 2.45) is 5.73 Å². The van der Waals surface area contributed by atoms with Crippen molar-refractivity contribution in [3.63, 3.8) is 0 Å². The lowest BCUT2D eigenvalue weighted by molar-refractivity contribution is -0.136. The molecule has 2 N–H and O–H groups in total. The van der Waals surface area contributed by atoms with E-state index in [2.05, 4.69) is 0 Å². The van der Waals surface area contributed by atoms with Crippen LogP contribution in [-0.4, -0.2) is 18.9 Å². The second-order valence-electron chi connectivity index (χ2n) is 7.13. The maximum atomic E-state index is 13.2. The van der Waals surface area contributed by atoms with Gasteiger partial charge in [-0.05, 0) is 29.2 Å². The van der Waals surface area contributed by atoms with Crippen LogP contribution in [0.5, 0.6) is 0 Å².